The summed E-state index contributed by atoms with van der Waals surface area (Å²) in [7, 11) is 2.12. The molecule has 0 bridgehead atoms. The summed E-state index contributed by atoms with van der Waals surface area (Å²) < 4.78 is 1.08. The molecule has 0 radical (unpaired) electrons. The molecule has 1 heterocycles. The van der Waals surface area contributed by atoms with Crippen LogP contribution in [-0.4, -0.2) is 18.6 Å². The van der Waals surface area contributed by atoms with Gasteiger partial charge in [0.25, 0.3) is 0 Å². The van der Waals surface area contributed by atoms with Gasteiger partial charge in [0.05, 0.1) is 5.69 Å². The van der Waals surface area contributed by atoms with E-state index in [0.29, 0.717) is 0 Å². The van der Waals surface area contributed by atoms with Crippen LogP contribution in [0.3, 0.4) is 0 Å². The fraction of sp³-hybridized carbons (Fsp3) is 0.545. The molecule has 3 heteroatoms. The van der Waals surface area contributed by atoms with E-state index in [4.69, 9.17) is 0 Å². The van der Waals surface area contributed by atoms with Gasteiger partial charge in [0.2, 0.25) is 0 Å². The minimum absolute atomic E-state index is 0.908. The molecule has 1 aliphatic carbocycles. The lowest BCUT2D eigenvalue weighted by molar-refractivity contribution is 0.775. The number of pyridine rings is 1. The molecule has 0 unspecified atom stereocenters. The van der Waals surface area contributed by atoms with Crippen molar-refractivity contribution in [1.82, 2.24) is 4.98 Å². The van der Waals surface area contributed by atoms with E-state index < -0.39 is 0 Å². The van der Waals surface area contributed by atoms with Crippen LogP contribution in [0.1, 0.15) is 18.5 Å². The highest BCUT2D eigenvalue weighted by atomic mass is 79.9. The quantitative estimate of drug-likeness (QED) is 0.825. The first-order chi connectivity index (χ1) is 6.66. The van der Waals surface area contributed by atoms with Crippen molar-refractivity contribution in [2.75, 3.05) is 18.5 Å². The summed E-state index contributed by atoms with van der Waals surface area (Å²) in [4.78, 5) is 6.78. The predicted molar refractivity (Wildman–Crippen MR) is 62.7 cm³/mol. The summed E-state index contributed by atoms with van der Waals surface area (Å²) in [6, 6.07) is 4.14. The molecule has 14 heavy (non-hydrogen) atoms. The topological polar surface area (TPSA) is 16.1 Å². The maximum Gasteiger partial charge on any atom is 0.128 e. The van der Waals surface area contributed by atoms with E-state index in [0.717, 1.165) is 28.4 Å². The molecule has 1 fully saturated rings. The molecule has 0 N–H and O–H groups in total. The van der Waals surface area contributed by atoms with Crippen molar-refractivity contribution in [2.24, 2.45) is 5.92 Å². The summed E-state index contributed by atoms with van der Waals surface area (Å²) in [5.74, 6) is 1.99. The Balaban J connectivity index is 2.10. The third kappa shape index (κ3) is 2.27. The number of hydrogen-bond donors (Lipinski definition) is 0. The second-order valence-corrected chi connectivity index (χ2v) is 4.91. The summed E-state index contributed by atoms with van der Waals surface area (Å²) in [6.07, 6.45) is 2.78. The van der Waals surface area contributed by atoms with Gasteiger partial charge < -0.3 is 4.90 Å². The number of hydrogen-bond acceptors (Lipinski definition) is 2. The van der Waals surface area contributed by atoms with Crippen molar-refractivity contribution in [1.29, 1.82) is 0 Å². The Hall–Kier alpha value is -0.570. The van der Waals surface area contributed by atoms with E-state index in [9.17, 15) is 0 Å². The number of halogens is 1. The summed E-state index contributed by atoms with van der Waals surface area (Å²) in [6.45, 7) is 3.17. The largest absolute Gasteiger partial charge is 0.359 e. The highest BCUT2D eigenvalue weighted by Crippen LogP contribution is 2.30. The SMILES string of the molecule is Cc1nc(N(C)CC2CC2)ccc1Br. The average Bonchev–Trinajstić information content (AvgIpc) is 2.93. The van der Waals surface area contributed by atoms with Gasteiger partial charge in [0, 0.05) is 18.1 Å². The smallest absolute Gasteiger partial charge is 0.128 e. The lowest BCUT2D eigenvalue weighted by Gasteiger charge is -2.18. The Morgan fingerprint density at radius 3 is 2.79 bits per heavy atom. The fourth-order valence-electron chi connectivity index (χ4n) is 1.52. The van der Waals surface area contributed by atoms with Crippen LogP contribution in [0.15, 0.2) is 16.6 Å². The normalized spacial score (nSPS) is 15.6. The van der Waals surface area contributed by atoms with Crippen LogP contribution < -0.4 is 4.90 Å². The van der Waals surface area contributed by atoms with Gasteiger partial charge in [-0.05, 0) is 53.7 Å². The molecule has 0 aromatic carbocycles. The molecule has 0 amide bonds. The zero-order valence-electron chi connectivity index (χ0n) is 8.63. The van der Waals surface area contributed by atoms with Gasteiger partial charge in [-0.15, -0.1) is 0 Å². The molecule has 2 nitrogen and oxygen atoms in total. The van der Waals surface area contributed by atoms with E-state index >= 15 is 0 Å². The van der Waals surface area contributed by atoms with E-state index in [1.807, 2.05) is 6.92 Å². The fourth-order valence-corrected chi connectivity index (χ4v) is 1.75. The molecule has 2 rings (SSSR count). The molecular weight excluding hydrogens is 240 g/mol. The minimum Gasteiger partial charge on any atom is -0.359 e. The zero-order valence-corrected chi connectivity index (χ0v) is 10.2. The molecule has 76 valence electrons. The lowest BCUT2D eigenvalue weighted by atomic mass is 10.3. The Kier molecular flexibility index (Phi) is 2.77. The predicted octanol–water partition coefficient (Wildman–Crippen LogP) is 3.00. The van der Waals surface area contributed by atoms with Gasteiger partial charge in [-0.1, -0.05) is 0 Å². The minimum atomic E-state index is 0.908. The molecule has 1 aliphatic rings. The number of rotatable bonds is 3. The van der Waals surface area contributed by atoms with E-state index in [1.165, 1.54) is 12.8 Å². The zero-order chi connectivity index (χ0) is 10.1. The molecule has 0 spiro atoms. The van der Waals surface area contributed by atoms with Crippen molar-refractivity contribution < 1.29 is 0 Å². The van der Waals surface area contributed by atoms with Gasteiger partial charge in [-0.3, -0.25) is 0 Å². The Morgan fingerprint density at radius 1 is 1.50 bits per heavy atom. The molecular formula is C11H15BrN2. The molecule has 1 aromatic heterocycles. The Morgan fingerprint density at radius 2 is 2.21 bits per heavy atom. The van der Waals surface area contributed by atoms with Crippen molar-refractivity contribution in [3.63, 3.8) is 0 Å². The van der Waals surface area contributed by atoms with Crippen molar-refractivity contribution in [2.45, 2.75) is 19.8 Å². The molecule has 0 aliphatic heterocycles. The van der Waals surface area contributed by atoms with Gasteiger partial charge in [0.1, 0.15) is 5.82 Å². The monoisotopic (exact) mass is 254 g/mol. The number of aryl methyl sites for hydroxylation is 1. The summed E-state index contributed by atoms with van der Waals surface area (Å²) >= 11 is 3.46. The number of anilines is 1. The standard InChI is InChI=1S/C11H15BrN2/c1-8-10(12)5-6-11(13-8)14(2)7-9-3-4-9/h5-6,9H,3-4,7H2,1-2H3. The van der Waals surface area contributed by atoms with Gasteiger partial charge in [-0.2, -0.15) is 0 Å². The van der Waals surface area contributed by atoms with Crippen LogP contribution >= 0.6 is 15.9 Å². The van der Waals surface area contributed by atoms with E-state index in [2.05, 4.69) is 45.0 Å². The molecule has 0 atom stereocenters. The molecule has 1 saturated carbocycles. The van der Waals surface area contributed by atoms with Crippen LogP contribution in [0.4, 0.5) is 5.82 Å². The van der Waals surface area contributed by atoms with Gasteiger partial charge >= 0.3 is 0 Å². The third-order valence-electron chi connectivity index (χ3n) is 2.63. The van der Waals surface area contributed by atoms with Gasteiger partial charge in [-0.25, -0.2) is 4.98 Å². The molecule has 0 saturated heterocycles. The van der Waals surface area contributed by atoms with Crippen LogP contribution in [-0.2, 0) is 0 Å². The number of nitrogens with zero attached hydrogens (tertiary/aromatic N) is 2. The first-order valence-corrected chi connectivity index (χ1v) is 5.80. The Labute approximate surface area is 93.5 Å². The van der Waals surface area contributed by atoms with E-state index in [1.54, 1.807) is 0 Å². The first-order valence-electron chi connectivity index (χ1n) is 5.01. The van der Waals surface area contributed by atoms with Gasteiger partial charge in [0.15, 0.2) is 0 Å². The maximum atomic E-state index is 4.53. The van der Waals surface area contributed by atoms with Crippen LogP contribution in [0.25, 0.3) is 0 Å². The second-order valence-electron chi connectivity index (χ2n) is 4.06. The second kappa shape index (κ2) is 3.89. The summed E-state index contributed by atoms with van der Waals surface area (Å²) in [5.41, 5.74) is 1.06. The highest BCUT2D eigenvalue weighted by molar-refractivity contribution is 9.10. The maximum absolute atomic E-state index is 4.53. The lowest BCUT2D eigenvalue weighted by Crippen LogP contribution is -2.21. The Bertz CT molecular complexity index is 334. The molecule has 1 aromatic rings. The van der Waals surface area contributed by atoms with E-state index in [-0.39, 0.29) is 0 Å². The third-order valence-corrected chi connectivity index (χ3v) is 3.46. The highest BCUT2D eigenvalue weighted by Gasteiger charge is 2.23. The average molecular weight is 255 g/mol. The first kappa shape index (κ1) is 9.97. The van der Waals surface area contributed by atoms with Crippen LogP contribution in [0.2, 0.25) is 0 Å². The summed E-state index contributed by atoms with van der Waals surface area (Å²) in [5, 5.41) is 0. The van der Waals surface area contributed by atoms with Crippen molar-refractivity contribution in [3.05, 3.63) is 22.3 Å². The van der Waals surface area contributed by atoms with Crippen molar-refractivity contribution in [3.8, 4) is 0 Å². The van der Waals surface area contributed by atoms with Crippen molar-refractivity contribution >= 4 is 21.7 Å². The number of aromatic nitrogens is 1. The van der Waals surface area contributed by atoms with Crippen LogP contribution in [0.5, 0.6) is 0 Å². The van der Waals surface area contributed by atoms with Crippen LogP contribution in [0, 0.1) is 12.8 Å².